The molecule has 4 nitrogen and oxygen atoms in total. The van der Waals surface area contributed by atoms with Crippen LogP contribution in [0.1, 0.15) is 16.7 Å². The highest BCUT2D eigenvalue weighted by molar-refractivity contribution is 5.87. The molecule has 1 aliphatic rings. The van der Waals surface area contributed by atoms with Gasteiger partial charge in [-0.15, -0.1) is 0 Å². The molecule has 0 saturated carbocycles. The number of anilines is 1. The van der Waals surface area contributed by atoms with Crippen LogP contribution in [0.15, 0.2) is 42.5 Å². The van der Waals surface area contributed by atoms with Crippen molar-refractivity contribution in [1.29, 1.82) is 0 Å². The number of hydrogen-bond donors (Lipinski definition) is 1. The second kappa shape index (κ2) is 6.58. The van der Waals surface area contributed by atoms with Crippen molar-refractivity contribution in [2.45, 2.75) is 12.9 Å². The Kier molecular flexibility index (Phi) is 4.48. The lowest BCUT2D eigenvalue weighted by atomic mass is 10.00. The molecular formula is C18H16F3NO3. The average molecular weight is 351 g/mol. The van der Waals surface area contributed by atoms with Gasteiger partial charge in [0.1, 0.15) is 12.4 Å². The van der Waals surface area contributed by atoms with Crippen LogP contribution in [-0.2, 0) is 16.1 Å². The Morgan fingerprint density at radius 2 is 1.72 bits per heavy atom. The smallest absolute Gasteiger partial charge is 0.482 e. The van der Waals surface area contributed by atoms with E-state index >= 15 is 0 Å². The van der Waals surface area contributed by atoms with Crippen molar-refractivity contribution in [2.24, 2.45) is 0 Å². The van der Waals surface area contributed by atoms with Gasteiger partial charge in [0.05, 0.1) is 14.2 Å². The number of nitrogens with one attached hydrogen (secondary N) is 1. The van der Waals surface area contributed by atoms with Crippen LogP contribution in [0.3, 0.4) is 0 Å². The quantitative estimate of drug-likeness (QED) is 0.816. The number of fused-ring (bicyclic) bond motifs is 1. The first kappa shape index (κ1) is 17.0. The number of alkyl halides is 3. The summed E-state index contributed by atoms with van der Waals surface area (Å²) in [6, 6.07) is 11.6. The molecule has 25 heavy (non-hydrogen) atoms. The number of benzene rings is 2. The van der Waals surface area contributed by atoms with Gasteiger partial charge in [0, 0.05) is 22.4 Å². The summed E-state index contributed by atoms with van der Waals surface area (Å²) in [7, 11) is 3.08. The third-order valence-electron chi connectivity index (χ3n) is 3.77. The Morgan fingerprint density at radius 3 is 2.32 bits per heavy atom. The molecule has 0 amide bonds. The van der Waals surface area contributed by atoms with E-state index < -0.39 is 6.30 Å². The topological polar surface area (TPSA) is 39.7 Å². The monoisotopic (exact) mass is 351 g/mol. The number of ether oxygens (including phenoxy) is 3. The molecule has 1 heterocycles. The van der Waals surface area contributed by atoms with Gasteiger partial charge in [-0.3, -0.25) is 5.32 Å². The zero-order valence-corrected chi connectivity index (χ0v) is 13.6. The summed E-state index contributed by atoms with van der Waals surface area (Å²) in [6.07, 6.45) is -4.49. The van der Waals surface area contributed by atoms with Gasteiger partial charge < -0.3 is 14.2 Å². The maximum absolute atomic E-state index is 12.5. The number of halogens is 3. The summed E-state index contributed by atoms with van der Waals surface area (Å²) < 4.78 is 53.8. The largest absolute Gasteiger partial charge is 0.497 e. The first-order chi connectivity index (χ1) is 11.9. The van der Waals surface area contributed by atoms with E-state index in [2.05, 4.69) is 0 Å². The van der Waals surface area contributed by atoms with Gasteiger partial charge in [0.25, 0.3) is 0 Å². The maximum atomic E-state index is 12.5. The van der Waals surface area contributed by atoms with Gasteiger partial charge in [0.2, 0.25) is 0 Å². The van der Waals surface area contributed by atoms with Crippen molar-refractivity contribution < 1.29 is 27.4 Å². The van der Waals surface area contributed by atoms with Gasteiger partial charge in [-0.05, 0) is 42.5 Å². The van der Waals surface area contributed by atoms with Gasteiger partial charge in [0.15, 0.2) is 11.5 Å². The van der Waals surface area contributed by atoms with Gasteiger partial charge in [-0.2, -0.15) is 13.2 Å². The molecule has 1 N–H and O–H groups in total. The molecule has 7 heteroatoms. The molecule has 0 aliphatic carbocycles. The van der Waals surface area contributed by atoms with Crippen LogP contribution in [0.25, 0.3) is 11.5 Å². The molecule has 0 unspecified atom stereocenters. The minimum Gasteiger partial charge on any atom is -0.497 e. The van der Waals surface area contributed by atoms with E-state index in [1.807, 2.05) is 12.1 Å². The fourth-order valence-electron chi connectivity index (χ4n) is 2.67. The lowest BCUT2D eigenvalue weighted by molar-refractivity contribution is -0.0999. The van der Waals surface area contributed by atoms with Crippen LogP contribution in [-0.4, -0.2) is 20.5 Å². The Hall–Kier alpha value is -2.83. The summed E-state index contributed by atoms with van der Waals surface area (Å²) >= 11 is 0. The van der Waals surface area contributed by atoms with E-state index in [9.17, 15) is 13.2 Å². The molecule has 3 rings (SSSR count). The Balaban J connectivity index is 1.99. The second-order valence-electron chi connectivity index (χ2n) is 5.37. The van der Waals surface area contributed by atoms with E-state index in [0.717, 1.165) is 5.56 Å². The minimum atomic E-state index is -4.49. The highest BCUT2D eigenvalue weighted by atomic mass is 19.4. The van der Waals surface area contributed by atoms with Crippen LogP contribution >= 0.6 is 0 Å². The molecule has 0 radical (unpaired) electrons. The SMILES string of the molecule is COC1=C(c2ccc(OC)cc2)OCc2cc(NC(F)(F)F)ccc21. The van der Waals surface area contributed by atoms with Gasteiger partial charge >= 0.3 is 6.30 Å². The van der Waals surface area contributed by atoms with Crippen molar-refractivity contribution in [3.8, 4) is 5.75 Å². The molecule has 2 aromatic rings. The zero-order chi connectivity index (χ0) is 18.0. The zero-order valence-electron chi connectivity index (χ0n) is 13.6. The van der Waals surface area contributed by atoms with Crippen molar-refractivity contribution in [2.75, 3.05) is 19.5 Å². The van der Waals surface area contributed by atoms with Crippen LogP contribution in [0.4, 0.5) is 18.9 Å². The van der Waals surface area contributed by atoms with Crippen LogP contribution in [0.5, 0.6) is 5.75 Å². The van der Waals surface area contributed by atoms with Gasteiger partial charge in [-0.1, -0.05) is 0 Å². The molecule has 0 saturated heterocycles. The van der Waals surface area contributed by atoms with E-state index in [1.165, 1.54) is 24.6 Å². The van der Waals surface area contributed by atoms with E-state index in [0.29, 0.717) is 28.4 Å². The van der Waals surface area contributed by atoms with Crippen LogP contribution < -0.4 is 10.1 Å². The summed E-state index contributed by atoms with van der Waals surface area (Å²) in [5.41, 5.74) is 2.06. The summed E-state index contributed by atoms with van der Waals surface area (Å²) in [5.74, 6) is 1.72. The van der Waals surface area contributed by atoms with Crippen molar-refractivity contribution in [1.82, 2.24) is 0 Å². The Bertz CT molecular complexity index is 798. The third kappa shape index (κ3) is 3.65. The van der Waals surface area contributed by atoms with Crippen molar-refractivity contribution in [3.63, 3.8) is 0 Å². The van der Waals surface area contributed by atoms with E-state index in [1.54, 1.807) is 25.3 Å². The molecule has 2 aromatic carbocycles. The fourth-order valence-corrected chi connectivity index (χ4v) is 2.67. The van der Waals surface area contributed by atoms with Crippen LogP contribution in [0.2, 0.25) is 0 Å². The molecule has 0 aromatic heterocycles. The molecule has 0 bridgehead atoms. The molecule has 0 spiro atoms. The Labute approximate surface area is 142 Å². The lowest BCUT2D eigenvalue weighted by Crippen LogP contribution is -2.21. The van der Waals surface area contributed by atoms with E-state index in [-0.39, 0.29) is 12.3 Å². The molecular weight excluding hydrogens is 335 g/mol. The summed E-state index contributed by atoms with van der Waals surface area (Å²) in [4.78, 5) is 0. The first-order valence-electron chi connectivity index (χ1n) is 7.45. The fraction of sp³-hybridized carbons (Fsp3) is 0.222. The molecule has 132 valence electrons. The lowest BCUT2D eigenvalue weighted by Gasteiger charge is -2.24. The molecule has 1 aliphatic heterocycles. The highest BCUT2D eigenvalue weighted by Gasteiger charge is 2.28. The third-order valence-corrected chi connectivity index (χ3v) is 3.77. The summed E-state index contributed by atoms with van der Waals surface area (Å²) in [6.45, 7) is 0.150. The van der Waals surface area contributed by atoms with Crippen molar-refractivity contribution in [3.05, 3.63) is 59.2 Å². The molecule has 0 atom stereocenters. The van der Waals surface area contributed by atoms with E-state index in [4.69, 9.17) is 14.2 Å². The summed E-state index contributed by atoms with van der Waals surface area (Å²) in [5, 5.41) is 1.49. The number of hydrogen-bond acceptors (Lipinski definition) is 4. The number of methoxy groups -OCH3 is 2. The van der Waals surface area contributed by atoms with Gasteiger partial charge in [-0.25, -0.2) is 0 Å². The minimum absolute atomic E-state index is 0.0433. The highest BCUT2D eigenvalue weighted by Crippen LogP contribution is 2.37. The predicted molar refractivity (Wildman–Crippen MR) is 87.7 cm³/mol. The molecule has 0 fully saturated rings. The normalized spacial score (nSPS) is 13.8. The first-order valence-corrected chi connectivity index (χ1v) is 7.45. The Morgan fingerprint density at radius 1 is 1.00 bits per heavy atom. The predicted octanol–water partition coefficient (Wildman–Crippen LogP) is 4.63. The van der Waals surface area contributed by atoms with Crippen molar-refractivity contribution >= 4 is 17.2 Å². The number of rotatable bonds is 4. The maximum Gasteiger partial charge on any atom is 0.482 e. The standard InChI is InChI=1S/C18H16F3NO3/c1-23-14-6-3-11(4-7-14)16-17(24-2)15-8-5-13(22-18(19,20)21)9-12(15)10-25-16/h3-9,22H,10H2,1-2H3. The second-order valence-corrected chi connectivity index (χ2v) is 5.37. The average Bonchev–Trinajstić information content (AvgIpc) is 2.59. The van der Waals surface area contributed by atoms with Crippen LogP contribution in [0, 0.1) is 0 Å².